The second kappa shape index (κ2) is 8.03. The first-order valence-electron chi connectivity index (χ1n) is 7.97. The molecule has 1 heterocycles. The van der Waals surface area contributed by atoms with Crippen LogP contribution in [0.5, 0.6) is 11.5 Å². The maximum absolute atomic E-state index is 12.2. The van der Waals surface area contributed by atoms with Crippen LogP contribution in [0.3, 0.4) is 0 Å². The third kappa shape index (κ3) is 4.63. The van der Waals surface area contributed by atoms with Gasteiger partial charge in [-0.05, 0) is 45.0 Å². The monoisotopic (exact) mass is 306 g/mol. The molecule has 2 rings (SSSR count). The van der Waals surface area contributed by atoms with Crippen LogP contribution in [0.15, 0.2) is 24.3 Å². The Morgan fingerprint density at radius 2 is 1.59 bits per heavy atom. The minimum absolute atomic E-state index is 0.0530. The highest BCUT2D eigenvalue weighted by atomic mass is 16.5. The van der Waals surface area contributed by atoms with Gasteiger partial charge in [0.05, 0.1) is 6.61 Å². The summed E-state index contributed by atoms with van der Waals surface area (Å²) in [6.45, 7) is 10.5. The number of hydrogen-bond acceptors (Lipinski definition) is 4. The van der Waals surface area contributed by atoms with Crippen LogP contribution in [-0.4, -0.2) is 61.1 Å². The number of ether oxygens (including phenoxy) is 2. The summed E-state index contributed by atoms with van der Waals surface area (Å²) < 4.78 is 10.9. The first-order valence-corrected chi connectivity index (χ1v) is 7.97. The van der Waals surface area contributed by atoms with Crippen molar-refractivity contribution >= 4 is 5.91 Å². The van der Waals surface area contributed by atoms with Crippen LogP contribution in [0.25, 0.3) is 0 Å². The van der Waals surface area contributed by atoms with E-state index >= 15 is 0 Å². The lowest BCUT2D eigenvalue weighted by molar-refractivity contribution is -0.135. The van der Waals surface area contributed by atoms with Crippen molar-refractivity contribution in [1.29, 1.82) is 0 Å². The maximum atomic E-state index is 12.2. The van der Waals surface area contributed by atoms with Gasteiger partial charge in [-0.2, -0.15) is 0 Å². The van der Waals surface area contributed by atoms with E-state index in [0.29, 0.717) is 18.4 Å². The summed E-state index contributed by atoms with van der Waals surface area (Å²) in [7, 11) is 0. The lowest BCUT2D eigenvalue weighted by Gasteiger charge is -2.36. The van der Waals surface area contributed by atoms with Gasteiger partial charge in [0.25, 0.3) is 5.91 Å². The highest BCUT2D eigenvalue weighted by Crippen LogP contribution is 2.17. The minimum Gasteiger partial charge on any atom is -0.494 e. The Balaban J connectivity index is 1.76. The Morgan fingerprint density at radius 1 is 1.05 bits per heavy atom. The van der Waals surface area contributed by atoms with Crippen molar-refractivity contribution in [2.24, 2.45) is 0 Å². The lowest BCUT2D eigenvalue weighted by atomic mass is 10.2. The molecule has 0 spiro atoms. The Morgan fingerprint density at radius 3 is 2.09 bits per heavy atom. The molecule has 0 N–H and O–H groups in total. The van der Waals surface area contributed by atoms with Crippen LogP contribution in [0.2, 0.25) is 0 Å². The van der Waals surface area contributed by atoms with Crippen molar-refractivity contribution in [2.75, 3.05) is 39.4 Å². The molecule has 1 saturated heterocycles. The van der Waals surface area contributed by atoms with Crippen LogP contribution in [0.4, 0.5) is 0 Å². The summed E-state index contributed by atoms with van der Waals surface area (Å²) in [5.74, 6) is 1.56. The Hall–Kier alpha value is -1.75. The first kappa shape index (κ1) is 16.6. The molecule has 0 unspecified atom stereocenters. The van der Waals surface area contributed by atoms with Gasteiger partial charge in [-0.25, -0.2) is 0 Å². The number of nitrogens with zero attached hydrogens (tertiary/aromatic N) is 2. The SMILES string of the molecule is CCOc1ccc(OCC(=O)N2CCN(C(C)C)CC2)cc1. The summed E-state index contributed by atoms with van der Waals surface area (Å²) in [5.41, 5.74) is 0. The summed E-state index contributed by atoms with van der Waals surface area (Å²) >= 11 is 0. The van der Waals surface area contributed by atoms with E-state index in [1.54, 1.807) is 0 Å². The molecule has 1 aromatic carbocycles. The molecule has 0 aromatic heterocycles. The number of amides is 1. The van der Waals surface area contributed by atoms with Crippen molar-refractivity contribution in [3.63, 3.8) is 0 Å². The third-order valence-electron chi connectivity index (χ3n) is 3.89. The molecule has 1 aliphatic heterocycles. The molecular formula is C17H26N2O3. The summed E-state index contributed by atoms with van der Waals surface area (Å²) in [6.07, 6.45) is 0. The molecule has 1 fully saturated rings. The quantitative estimate of drug-likeness (QED) is 0.806. The first-order chi connectivity index (χ1) is 10.6. The zero-order chi connectivity index (χ0) is 15.9. The number of carbonyl (C=O) groups is 1. The van der Waals surface area contributed by atoms with E-state index in [4.69, 9.17) is 9.47 Å². The van der Waals surface area contributed by atoms with E-state index in [2.05, 4.69) is 18.7 Å². The van der Waals surface area contributed by atoms with Crippen molar-refractivity contribution < 1.29 is 14.3 Å². The molecule has 1 aliphatic rings. The van der Waals surface area contributed by atoms with Crippen molar-refractivity contribution in [1.82, 2.24) is 9.80 Å². The molecule has 22 heavy (non-hydrogen) atoms. The summed E-state index contributed by atoms with van der Waals surface area (Å²) in [4.78, 5) is 16.4. The Labute approximate surface area is 132 Å². The molecule has 1 aromatic rings. The molecule has 0 saturated carbocycles. The number of rotatable bonds is 6. The van der Waals surface area contributed by atoms with Gasteiger partial charge in [0.15, 0.2) is 6.61 Å². The molecule has 5 heteroatoms. The van der Waals surface area contributed by atoms with Crippen molar-refractivity contribution in [3.05, 3.63) is 24.3 Å². The second-order valence-electron chi connectivity index (χ2n) is 5.70. The van der Waals surface area contributed by atoms with E-state index in [1.165, 1.54) is 0 Å². The Bertz CT molecular complexity index is 465. The highest BCUT2D eigenvalue weighted by Gasteiger charge is 2.22. The fourth-order valence-electron chi connectivity index (χ4n) is 2.52. The molecule has 0 bridgehead atoms. The standard InChI is InChI=1S/C17H26N2O3/c1-4-21-15-5-7-16(8-6-15)22-13-17(20)19-11-9-18(10-12-19)14(2)3/h5-8,14H,4,9-13H2,1-3H3. The lowest BCUT2D eigenvalue weighted by Crippen LogP contribution is -2.51. The minimum atomic E-state index is 0.0530. The van der Waals surface area contributed by atoms with Gasteiger partial charge in [0.2, 0.25) is 0 Å². The van der Waals surface area contributed by atoms with Crippen LogP contribution in [0, 0.1) is 0 Å². The number of benzene rings is 1. The predicted octanol–water partition coefficient (Wildman–Crippen LogP) is 2.02. The maximum Gasteiger partial charge on any atom is 0.260 e. The van der Waals surface area contributed by atoms with Crippen LogP contribution in [0.1, 0.15) is 20.8 Å². The van der Waals surface area contributed by atoms with Crippen molar-refractivity contribution in [3.8, 4) is 11.5 Å². The van der Waals surface area contributed by atoms with Crippen LogP contribution >= 0.6 is 0 Å². The van der Waals surface area contributed by atoms with Crippen molar-refractivity contribution in [2.45, 2.75) is 26.8 Å². The number of carbonyl (C=O) groups excluding carboxylic acids is 1. The van der Waals surface area contributed by atoms with Gasteiger partial charge in [-0.15, -0.1) is 0 Å². The van der Waals surface area contributed by atoms with Gasteiger partial charge in [0.1, 0.15) is 11.5 Å². The summed E-state index contributed by atoms with van der Waals surface area (Å²) in [5, 5.41) is 0. The summed E-state index contributed by atoms with van der Waals surface area (Å²) in [6, 6.07) is 7.90. The second-order valence-corrected chi connectivity index (χ2v) is 5.70. The zero-order valence-corrected chi connectivity index (χ0v) is 13.7. The molecule has 0 aliphatic carbocycles. The average Bonchev–Trinajstić information content (AvgIpc) is 2.54. The zero-order valence-electron chi connectivity index (χ0n) is 13.7. The fraction of sp³-hybridized carbons (Fsp3) is 0.588. The topological polar surface area (TPSA) is 42.0 Å². The third-order valence-corrected chi connectivity index (χ3v) is 3.89. The highest BCUT2D eigenvalue weighted by molar-refractivity contribution is 5.77. The molecule has 0 radical (unpaired) electrons. The van der Waals surface area contributed by atoms with Gasteiger partial charge in [0, 0.05) is 32.2 Å². The molecule has 1 amide bonds. The van der Waals surface area contributed by atoms with Crippen LogP contribution in [-0.2, 0) is 4.79 Å². The van der Waals surface area contributed by atoms with E-state index in [-0.39, 0.29) is 12.5 Å². The van der Waals surface area contributed by atoms with E-state index in [1.807, 2.05) is 36.1 Å². The smallest absolute Gasteiger partial charge is 0.260 e. The normalized spacial score (nSPS) is 15.9. The van der Waals surface area contributed by atoms with Gasteiger partial charge < -0.3 is 14.4 Å². The fourth-order valence-corrected chi connectivity index (χ4v) is 2.52. The van der Waals surface area contributed by atoms with Gasteiger partial charge >= 0.3 is 0 Å². The van der Waals surface area contributed by atoms with E-state index in [9.17, 15) is 4.79 Å². The Kier molecular flexibility index (Phi) is 6.07. The number of piperazine rings is 1. The van der Waals surface area contributed by atoms with Crippen LogP contribution < -0.4 is 9.47 Å². The average molecular weight is 306 g/mol. The molecular weight excluding hydrogens is 280 g/mol. The molecule has 122 valence electrons. The van der Waals surface area contributed by atoms with Gasteiger partial charge in [-0.1, -0.05) is 0 Å². The number of hydrogen-bond donors (Lipinski definition) is 0. The largest absolute Gasteiger partial charge is 0.494 e. The van der Waals surface area contributed by atoms with E-state index < -0.39 is 0 Å². The molecule has 5 nitrogen and oxygen atoms in total. The van der Waals surface area contributed by atoms with E-state index in [0.717, 1.165) is 31.9 Å². The predicted molar refractivity (Wildman–Crippen MR) is 86.4 cm³/mol. The molecule has 0 atom stereocenters. The van der Waals surface area contributed by atoms with Gasteiger partial charge in [-0.3, -0.25) is 9.69 Å².